The van der Waals surface area contributed by atoms with Gasteiger partial charge in [0, 0.05) is 37.6 Å². The van der Waals surface area contributed by atoms with Crippen molar-refractivity contribution in [2.75, 3.05) is 43.4 Å². The Bertz CT molecular complexity index is 1030. The SMILES string of the molecule is CC(C(=O)Nc1ccc(C#N)cc1)N1CCN(CC(=O)Nc2ccc(OC(F)(F)F)cc2)CC1. The molecule has 11 heteroatoms. The molecule has 0 saturated carbocycles. The normalized spacial score (nSPS) is 15.7. The van der Waals surface area contributed by atoms with E-state index in [-0.39, 0.29) is 30.2 Å². The summed E-state index contributed by atoms with van der Waals surface area (Å²) >= 11 is 0. The predicted octanol–water partition coefficient (Wildman–Crippen LogP) is 3.04. The number of piperazine rings is 1. The van der Waals surface area contributed by atoms with Crippen molar-refractivity contribution in [1.29, 1.82) is 5.26 Å². The number of amides is 2. The van der Waals surface area contributed by atoms with Crippen molar-refractivity contribution in [1.82, 2.24) is 9.80 Å². The van der Waals surface area contributed by atoms with Crippen LogP contribution in [-0.4, -0.2) is 66.7 Å². The van der Waals surface area contributed by atoms with Gasteiger partial charge >= 0.3 is 6.36 Å². The van der Waals surface area contributed by atoms with Crippen LogP contribution in [0, 0.1) is 11.3 Å². The lowest BCUT2D eigenvalue weighted by molar-refractivity contribution is -0.274. The van der Waals surface area contributed by atoms with Crippen LogP contribution in [0.4, 0.5) is 24.5 Å². The summed E-state index contributed by atoms with van der Waals surface area (Å²) in [5, 5.41) is 14.3. The zero-order valence-electron chi connectivity index (χ0n) is 18.4. The third-order valence-corrected chi connectivity index (χ3v) is 5.35. The molecule has 0 bridgehead atoms. The first kappa shape index (κ1) is 25.0. The highest BCUT2D eigenvalue weighted by atomic mass is 19.4. The van der Waals surface area contributed by atoms with Gasteiger partial charge in [-0.3, -0.25) is 19.4 Å². The van der Waals surface area contributed by atoms with E-state index < -0.39 is 6.36 Å². The van der Waals surface area contributed by atoms with Crippen LogP contribution >= 0.6 is 0 Å². The maximum atomic E-state index is 12.6. The van der Waals surface area contributed by atoms with Gasteiger partial charge in [0.05, 0.1) is 24.2 Å². The Hall–Kier alpha value is -3.62. The quantitative estimate of drug-likeness (QED) is 0.639. The number of carbonyl (C=O) groups excluding carboxylic acids is 2. The van der Waals surface area contributed by atoms with Crippen molar-refractivity contribution in [3.05, 3.63) is 54.1 Å². The molecule has 2 aromatic carbocycles. The minimum Gasteiger partial charge on any atom is -0.406 e. The Morgan fingerprint density at radius 1 is 1.00 bits per heavy atom. The molecule has 1 aliphatic heterocycles. The summed E-state index contributed by atoms with van der Waals surface area (Å²) in [6, 6.07) is 13.2. The summed E-state index contributed by atoms with van der Waals surface area (Å²) in [7, 11) is 0. The van der Waals surface area contributed by atoms with Crippen LogP contribution in [-0.2, 0) is 9.59 Å². The van der Waals surface area contributed by atoms with Crippen LogP contribution < -0.4 is 15.4 Å². The number of alkyl halides is 3. The molecule has 0 aromatic heterocycles. The van der Waals surface area contributed by atoms with Gasteiger partial charge in [0.1, 0.15) is 5.75 Å². The van der Waals surface area contributed by atoms with E-state index >= 15 is 0 Å². The summed E-state index contributed by atoms with van der Waals surface area (Å²) in [5.41, 5.74) is 1.49. The number of rotatable bonds is 7. The standard InChI is InChI=1S/C23H24F3N5O3/c1-16(22(33)29-19-4-2-17(14-27)3-5-19)31-12-10-30(11-13-31)15-21(32)28-18-6-8-20(9-7-18)34-23(24,25)26/h2-9,16H,10-13,15H2,1H3,(H,28,32)(H,29,33). The molecule has 34 heavy (non-hydrogen) atoms. The number of carbonyl (C=O) groups is 2. The fraction of sp³-hybridized carbons (Fsp3) is 0.348. The second-order valence-electron chi connectivity index (χ2n) is 7.79. The van der Waals surface area contributed by atoms with Gasteiger partial charge < -0.3 is 15.4 Å². The van der Waals surface area contributed by atoms with E-state index in [1.54, 1.807) is 24.3 Å². The molecule has 0 spiro atoms. The van der Waals surface area contributed by atoms with Crippen molar-refractivity contribution in [2.24, 2.45) is 0 Å². The zero-order chi connectivity index (χ0) is 24.7. The summed E-state index contributed by atoms with van der Waals surface area (Å²) in [4.78, 5) is 28.8. The molecular weight excluding hydrogens is 451 g/mol. The highest BCUT2D eigenvalue weighted by molar-refractivity contribution is 5.94. The third kappa shape index (κ3) is 7.47. The van der Waals surface area contributed by atoms with Crippen LogP contribution in [0.5, 0.6) is 5.75 Å². The Morgan fingerprint density at radius 3 is 2.12 bits per heavy atom. The fourth-order valence-corrected chi connectivity index (χ4v) is 3.49. The van der Waals surface area contributed by atoms with Gasteiger partial charge in [0.25, 0.3) is 0 Å². The molecule has 1 unspecified atom stereocenters. The second kappa shape index (κ2) is 11.0. The van der Waals surface area contributed by atoms with E-state index in [0.717, 1.165) is 12.1 Å². The molecule has 0 radical (unpaired) electrons. The number of anilines is 2. The molecule has 1 saturated heterocycles. The topological polar surface area (TPSA) is 97.7 Å². The lowest BCUT2D eigenvalue weighted by atomic mass is 10.2. The maximum absolute atomic E-state index is 12.6. The van der Waals surface area contributed by atoms with Gasteiger partial charge in [-0.05, 0) is 55.5 Å². The largest absolute Gasteiger partial charge is 0.573 e. The molecule has 180 valence electrons. The molecule has 2 N–H and O–H groups in total. The van der Waals surface area contributed by atoms with E-state index in [1.807, 2.05) is 22.8 Å². The van der Waals surface area contributed by atoms with Crippen LogP contribution in [0.25, 0.3) is 0 Å². The first-order chi connectivity index (χ1) is 16.1. The predicted molar refractivity (Wildman–Crippen MR) is 119 cm³/mol. The minimum atomic E-state index is -4.77. The molecule has 3 rings (SSSR count). The number of hydrogen-bond acceptors (Lipinski definition) is 6. The second-order valence-corrected chi connectivity index (χ2v) is 7.79. The first-order valence-electron chi connectivity index (χ1n) is 10.6. The Balaban J connectivity index is 1.42. The summed E-state index contributed by atoms with van der Waals surface area (Å²) in [5.74, 6) is -0.808. The maximum Gasteiger partial charge on any atom is 0.573 e. The monoisotopic (exact) mass is 475 g/mol. The van der Waals surface area contributed by atoms with Gasteiger partial charge in [-0.2, -0.15) is 5.26 Å². The number of benzene rings is 2. The van der Waals surface area contributed by atoms with Crippen molar-refractivity contribution < 1.29 is 27.5 Å². The number of halogens is 3. The fourth-order valence-electron chi connectivity index (χ4n) is 3.49. The lowest BCUT2D eigenvalue weighted by Gasteiger charge is -2.37. The highest BCUT2D eigenvalue weighted by Crippen LogP contribution is 2.24. The Morgan fingerprint density at radius 2 is 1.56 bits per heavy atom. The average molecular weight is 475 g/mol. The molecule has 2 amide bonds. The number of nitriles is 1. The molecule has 8 nitrogen and oxygen atoms in total. The third-order valence-electron chi connectivity index (χ3n) is 5.35. The van der Waals surface area contributed by atoms with E-state index in [4.69, 9.17) is 5.26 Å². The lowest BCUT2D eigenvalue weighted by Crippen LogP contribution is -2.53. The highest BCUT2D eigenvalue weighted by Gasteiger charge is 2.31. The van der Waals surface area contributed by atoms with E-state index in [0.29, 0.717) is 43.1 Å². The number of nitrogens with one attached hydrogen (secondary N) is 2. The van der Waals surface area contributed by atoms with Gasteiger partial charge in [0.15, 0.2) is 0 Å². The molecule has 1 aliphatic rings. The van der Waals surface area contributed by atoms with Crippen molar-refractivity contribution in [3.8, 4) is 11.8 Å². The van der Waals surface area contributed by atoms with Gasteiger partial charge in [-0.15, -0.1) is 13.2 Å². The minimum absolute atomic E-state index is 0.125. The van der Waals surface area contributed by atoms with E-state index in [2.05, 4.69) is 15.4 Å². The summed E-state index contributed by atoms with van der Waals surface area (Å²) in [6.07, 6.45) is -4.77. The van der Waals surface area contributed by atoms with Gasteiger partial charge in [-0.25, -0.2) is 0 Å². The zero-order valence-corrected chi connectivity index (χ0v) is 18.4. The van der Waals surface area contributed by atoms with Crippen LogP contribution in [0.2, 0.25) is 0 Å². The molecule has 1 heterocycles. The van der Waals surface area contributed by atoms with Crippen LogP contribution in [0.3, 0.4) is 0 Å². The van der Waals surface area contributed by atoms with E-state index in [9.17, 15) is 22.8 Å². The smallest absolute Gasteiger partial charge is 0.406 e. The van der Waals surface area contributed by atoms with Crippen LogP contribution in [0.1, 0.15) is 12.5 Å². The molecule has 0 aliphatic carbocycles. The number of hydrogen-bond donors (Lipinski definition) is 2. The summed E-state index contributed by atoms with van der Waals surface area (Å²) < 4.78 is 40.5. The van der Waals surface area contributed by atoms with Crippen molar-refractivity contribution in [2.45, 2.75) is 19.3 Å². The van der Waals surface area contributed by atoms with Crippen LogP contribution in [0.15, 0.2) is 48.5 Å². The van der Waals surface area contributed by atoms with Crippen molar-refractivity contribution in [3.63, 3.8) is 0 Å². The number of nitrogens with zero attached hydrogens (tertiary/aromatic N) is 3. The van der Waals surface area contributed by atoms with Gasteiger partial charge in [-0.1, -0.05) is 0 Å². The van der Waals surface area contributed by atoms with Crippen molar-refractivity contribution >= 4 is 23.2 Å². The molecule has 1 fully saturated rings. The average Bonchev–Trinajstić information content (AvgIpc) is 2.80. The molecule has 2 aromatic rings. The number of ether oxygens (including phenoxy) is 1. The molecule has 1 atom stereocenters. The molecular formula is C23H24F3N5O3. The van der Waals surface area contributed by atoms with E-state index in [1.165, 1.54) is 12.1 Å². The first-order valence-corrected chi connectivity index (χ1v) is 10.6. The van der Waals surface area contributed by atoms with Gasteiger partial charge in [0.2, 0.25) is 11.8 Å². The summed E-state index contributed by atoms with van der Waals surface area (Å²) in [6.45, 7) is 4.30. The Kier molecular flexibility index (Phi) is 8.09. The Labute approximate surface area is 194 Å².